The van der Waals surface area contributed by atoms with E-state index in [0.29, 0.717) is 30.5 Å². The summed E-state index contributed by atoms with van der Waals surface area (Å²) in [4.78, 5) is 38.7. The van der Waals surface area contributed by atoms with Crippen LogP contribution in [0.1, 0.15) is 49.9 Å². The summed E-state index contributed by atoms with van der Waals surface area (Å²) in [5, 5.41) is 31.1. The number of aromatic amines is 1. The van der Waals surface area contributed by atoms with Crippen LogP contribution in [0.25, 0.3) is 33.3 Å². The van der Waals surface area contributed by atoms with E-state index < -0.39 is 0 Å². The van der Waals surface area contributed by atoms with Crippen LogP contribution in [0.4, 0.5) is 10.6 Å². The average molecular weight is 697 g/mol. The number of nitrogens with one attached hydrogen (secondary N) is 6. The Morgan fingerprint density at radius 3 is 2.70 bits per heavy atom. The van der Waals surface area contributed by atoms with Gasteiger partial charge in [-0.05, 0) is 55.6 Å². The lowest BCUT2D eigenvalue weighted by Crippen LogP contribution is -2.36. The van der Waals surface area contributed by atoms with Crippen LogP contribution in [0, 0.1) is 0 Å². The minimum atomic E-state index is -0.0492. The number of aryl methyl sites for hydroxylation is 1. The molecule has 2 aromatic carbocycles. The lowest BCUT2D eigenvalue weighted by atomic mass is 10.0. The molecule has 2 aliphatic heterocycles. The third-order valence-electron chi connectivity index (χ3n) is 9.22. The number of hydrogen-bond donors (Lipinski definition) is 6. The Balaban J connectivity index is 0.852. The molecule has 14 nitrogen and oxygen atoms in total. The monoisotopic (exact) mass is 696 g/mol. The molecule has 0 bridgehead atoms. The van der Waals surface area contributed by atoms with E-state index in [1.54, 1.807) is 7.05 Å². The van der Waals surface area contributed by atoms with Gasteiger partial charge in [0.2, 0.25) is 11.7 Å². The first-order chi connectivity index (χ1) is 24.5. The first kappa shape index (κ1) is 33.7. The molecule has 7 rings (SSSR count). The Labute approximate surface area is 294 Å². The number of unbranched alkanes of at least 4 members (excludes halogenated alkanes) is 1. The van der Waals surface area contributed by atoms with Gasteiger partial charge in [-0.15, -0.1) is 10.2 Å². The van der Waals surface area contributed by atoms with Crippen LogP contribution >= 0.6 is 11.8 Å². The van der Waals surface area contributed by atoms with Crippen molar-refractivity contribution in [2.24, 2.45) is 7.05 Å². The van der Waals surface area contributed by atoms with Crippen molar-refractivity contribution in [1.82, 2.24) is 56.4 Å². The van der Waals surface area contributed by atoms with Crippen molar-refractivity contribution >= 4 is 51.5 Å². The van der Waals surface area contributed by atoms with Gasteiger partial charge in [-0.3, -0.25) is 4.79 Å². The Bertz CT molecular complexity index is 1930. The van der Waals surface area contributed by atoms with Crippen molar-refractivity contribution in [1.29, 1.82) is 0 Å². The molecule has 0 radical (unpaired) electrons. The number of tetrazole rings is 1. The van der Waals surface area contributed by atoms with E-state index in [1.807, 2.05) is 42.1 Å². The predicted molar refractivity (Wildman–Crippen MR) is 196 cm³/mol. The number of H-pyrrole nitrogens is 1. The number of thioether (sulfide) groups is 1. The molecule has 2 saturated heterocycles. The summed E-state index contributed by atoms with van der Waals surface area (Å²) in [5.74, 6) is 3.21. The molecular formula is C35H44N12O2S. The van der Waals surface area contributed by atoms with Gasteiger partial charge < -0.3 is 31.6 Å². The van der Waals surface area contributed by atoms with Crippen LogP contribution in [-0.4, -0.2) is 96.4 Å². The smallest absolute Gasteiger partial charge is 0.315 e. The fourth-order valence-corrected chi connectivity index (χ4v) is 8.26. The van der Waals surface area contributed by atoms with E-state index in [2.05, 4.69) is 65.2 Å². The number of hydrogen-bond acceptors (Lipinski definition) is 10. The summed E-state index contributed by atoms with van der Waals surface area (Å²) in [6, 6.07) is 16.8. The number of benzene rings is 2. The molecule has 3 aromatic heterocycles. The molecule has 15 heteroatoms. The zero-order chi connectivity index (χ0) is 34.3. The van der Waals surface area contributed by atoms with Gasteiger partial charge in [0.25, 0.3) is 0 Å². The Hall–Kier alpha value is -4.76. The molecule has 5 heterocycles. The minimum Gasteiger partial charge on any atom is -0.369 e. The number of fused-ring (bicyclic) bond motifs is 4. The topological polar surface area (TPSA) is 179 Å². The van der Waals surface area contributed by atoms with Crippen molar-refractivity contribution in [2.45, 2.75) is 62.3 Å². The van der Waals surface area contributed by atoms with E-state index in [4.69, 9.17) is 9.97 Å². The summed E-state index contributed by atoms with van der Waals surface area (Å²) in [7, 11) is 1.75. The standard InChI is InChI=1S/C35H44N12O2S/c1-47-45-32(44-46-47)23-13-14-24-25(20-23)39-34-30(24)33(41-28(42-34)19-22-9-3-2-4-10-22)38-18-8-16-36-15-7-17-37-29(48)12-6-5-11-27-31-26(21-50-27)40-35(49)43-31/h2-4,9-10,13-14,20,26-27,31,36H,5-8,11-12,15-19,21H2,1H3,(H,37,48)(H2,40,43,49)(H2,38,39,41,42)/t26-,27-,31-/m0/s1. The van der Waals surface area contributed by atoms with Crippen molar-refractivity contribution in [2.75, 3.05) is 37.2 Å². The van der Waals surface area contributed by atoms with Crippen LogP contribution in [0.15, 0.2) is 48.5 Å². The number of nitrogens with zero attached hydrogens (tertiary/aromatic N) is 6. The lowest BCUT2D eigenvalue weighted by Gasteiger charge is -2.16. The van der Waals surface area contributed by atoms with Crippen LogP contribution in [0.2, 0.25) is 0 Å². The number of rotatable bonds is 17. The largest absolute Gasteiger partial charge is 0.369 e. The lowest BCUT2D eigenvalue weighted by molar-refractivity contribution is -0.121. The van der Waals surface area contributed by atoms with E-state index in [-0.39, 0.29) is 24.0 Å². The molecule has 2 aliphatic rings. The molecule has 3 amide bonds. The molecule has 3 atom stereocenters. The van der Waals surface area contributed by atoms with E-state index in [0.717, 1.165) is 102 Å². The third-order valence-corrected chi connectivity index (χ3v) is 10.7. The maximum atomic E-state index is 12.3. The Morgan fingerprint density at radius 2 is 1.86 bits per heavy atom. The highest BCUT2D eigenvalue weighted by molar-refractivity contribution is 8.00. The molecule has 6 N–H and O–H groups in total. The maximum absolute atomic E-state index is 12.3. The summed E-state index contributed by atoms with van der Waals surface area (Å²) < 4.78 is 0. The molecular weight excluding hydrogens is 653 g/mol. The Kier molecular flexibility index (Phi) is 10.7. The quantitative estimate of drug-likeness (QED) is 0.0623. The van der Waals surface area contributed by atoms with Crippen LogP contribution < -0.4 is 26.6 Å². The molecule has 262 valence electrons. The normalized spacial score (nSPS) is 18.3. The summed E-state index contributed by atoms with van der Waals surface area (Å²) in [6.07, 6.45) is 5.88. The van der Waals surface area contributed by atoms with Gasteiger partial charge in [0, 0.05) is 53.4 Å². The van der Waals surface area contributed by atoms with Crippen molar-refractivity contribution in [3.05, 3.63) is 59.9 Å². The van der Waals surface area contributed by atoms with Gasteiger partial charge in [-0.25, -0.2) is 14.8 Å². The second-order valence-electron chi connectivity index (χ2n) is 13.0. The van der Waals surface area contributed by atoms with Crippen molar-refractivity contribution in [3.63, 3.8) is 0 Å². The summed E-state index contributed by atoms with van der Waals surface area (Å²) >= 11 is 1.92. The van der Waals surface area contributed by atoms with E-state index in [1.165, 1.54) is 4.80 Å². The van der Waals surface area contributed by atoms with E-state index >= 15 is 0 Å². The van der Waals surface area contributed by atoms with Crippen molar-refractivity contribution < 1.29 is 9.59 Å². The SMILES string of the molecule is Cn1nnc(-c2ccc3c(c2)[nH]c2nc(Cc4ccccc4)nc(NCCCNCCCNC(=O)CCCC[C@@H]4SC[C@@H]5NC(=O)N[C@@H]54)c23)n1. The predicted octanol–water partition coefficient (Wildman–Crippen LogP) is 3.52. The van der Waals surface area contributed by atoms with Gasteiger partial charge in [-0.2, -0.15) is 16.6 Å². The highest BCUT2D eigenvalue weighted by Crippen LogP contribution is 2.34. The highest BCUT2D eigenvalue weighted by Gasteiger charge is 2.42. The molecule has 0 aliphatic carbocycles. The van der Waals surface area contributed by atoms with Gasteiger partial charge in [0.05, 0.1) is 24.5 Å². The molecule has 0 spiro atoms. The molecule has 2 fully saturated rings. The minimum absolute atomic E-state index is 0.0492. The zero-order valence-corrected chi connectivity index (χ0v) is 29.1. The zero-order valence-electron chi connectivity index (χ0n) is 28.2. The number of carbonyl (C=O) groups is 2. The summed E-state index contributed by atoms with van der Waals surface area (Å²) in [6.45, 7) is 3.11. The number of urea groups is 1. The fraction of sp³-hybridized carbons (Fsp3) is 0.457. The second-order valence-corrected chi connectivity index (χ2v) is 14.2. The van der Waals surface area contributed by atoms with Crippen LogP contribution in [-0.2, 0) is 18.3 Å². The number of amides is 3. The third kappa shape index (κ3) is 8.16. The molecule has 5 aromatic rings. The molecule has 0 saturated carbocycles. The van der Waals surface area contributed by atoms with Gasteiger partial charge >= 0.3 is 6.03 Å². The number of carbonyl (C=O) groups excluding carboxylic acids is 2. The second kappa shape index (κ2) is 15.9. The van der Waals surface area contributed by atoms with Gasteiger partial charge in [0.15, 0.2) is 0 Å². The number of aromatic nitrogens is 7. The molecule has 0 unspecified atom stereocenters. The van der Waals surface area contributed by atoms with Gasteiger partial charge in [0.1, 0.15) is 17.3 Å². The van der Waals surface area contributed by atoms with Crippen LogP contribution in [0.3, 0.4) is 0 Å². The van der Waals surface area contributed by atoms with Crippen molar-refractivity contribution in [3.8, 4) is 11.4 Å². The van der Waals surface area contributed by atoms with Crippen LogP contribution in [0.5, 0.6) is 0 Å². The highest BCUT2D eigenvalue weighted by atomic mass is 32.2. The number of anilines is 1. The first-order valence-electron chi connectivity index (χ1n) is 17.5. The van der Waals surface area contributed by atoms with E-state index in [9.17, 15) is 9.59 Å². The maximum Gasteiger partial charge on any atom is 0.315 e. The first-order valence-corrected chi connectivity index (χ1v) is 18.6. The average Bonchev–Trinajstić information content (AvgIpc) is 3.89. The Morgan fingerprint density at radius 1 is 1.00 bits per heavy atom. The molecule has 50 heavy (non-hydrogen) atoms. The fourth-order valence-electron chi connectivity index (χ4n) is 6.72. The summed E-state index contributed by atoms with van der Waals surface area (Å²) in [5.41, 5.74) is 3.76. The van der Waals surface area contributed by atoms with Gasteiger partial charge in [-0.1, -0.05) is 48.9 Å².